The van der Waals surface area contributed by atoms with Gasteiger partial charge in [0.2, 0.25) is 5.91 Å². The number of aromatic nitrogens is 3. The monoisotopic (exact) mass is 456 g/mol. The van der Waals surface area contributed by atoms with Gasteiger partial charge < -0.3 is 11.1 Å². The van der Waals surface area contributed by atoms with Crippen molar-refractivity contribution in [3.05, 3.63) is 82.5 Å². The van der Waals surface area contributed by atoms with Crippen LogP contribution in [0.25, 0.3) is 16.3 Å². The third kappa shape index (κ3) is 5.27. The number of benzene rings is 2. The summed E-state index contributed by atoms with van der Waals surface area (Å²) in [6.45, 7) is 2.53. The largest absolute Gasteiger partial charge is 0.382 e. The number of thiazole rings is 1. The fourth-order valence-electron chi connectivity index (χ4n) is 3.47. The molecule has 1 amide bonds. The molecule has 2 heterocycles. The van der Waals surface area contributed by atoms with Crippen LogP contribution >= 0.6 is 11.3 Å². The van der Waals surface area contributed by atoms with Gasteiger partial charge in [0.15, 0.2) is 0 Å². The van der Waals surface area contributed by atoms with Crippen LogP contribution in [0.3, 0.4) is 0 Å². The molecule has 33 heavy (non-hydrogen) atoms. The lowest BCUT2D eigenvalue weighted by atomic mass is 10.1. The van der Waals surface area contributed by atoms with Crippen LogP contribution in [-0.2, 0) is 17.6 Å². The average molecular weight is 457 g/mol. The molecule has 0 saturated heterocycles. The van der Waals surface area contributed by atoms with E-state index in [1.165, 1.54) is 16.9 Å². The number of aryl methyl sites for hydroxylation is 2. The Kier molecular flexibility index (Phi) is 6.81. The number of carbonyl (C=O) groups is 1. The highest BCUT2D eigenvalue weighted by molar-refractivity contribution is 7.13. The minimum absolute atomic E-state index is 0.0782. The maximum atomic E-state index is 12.3. The Labute approximate surface area is 196 Å². The van der Waals surface area contributed by atoms with Gasteiger partial charge >= 0.3 is 0 Å². The first kappa shape index (κ1) is 22.2. The van der Waals surface area contributed by atoms with E-state index in [0.29, 0.717) is 36.5 Å². The zero-order valence-electron chi connectivity index (χ0n) is 18.3. The Morgan fingerprint density at radius 1 is 1.18 bits per heavy atom. The number of nitrogens with zero attached hydrogens (tertiary/aromatic N) is 4. The molecule has 0 spiro atoms. The molecule has 3 N–H and O–H groups in total. The molecule has 4 rings (SSSR count). The molecular weight excluding hydrogens is 432 g/mol. The molecule has 0 unspecified atom stereocenters. The van der Waals surface area contributed by atoms with Gasteiger partial charge in [0.25, 0.3) is 0 Å². The van der Waals surface area contributed by atoms with Crippen LogP contribution in [0, 0.1) is 18.3 Å². The molecule has 0 aliphatic rings. The minimum atomic E-state index is -0.0782. The first-order valence-corrected chi connectivity index (χ1v) is 11.5. The molecule has 0 saturated carbocycles. The Morgan fingerprint density at radius 3 is 2.67 bits per heavy atom. The summed E-state index contributed by atoms with van der Waals surface area (Å²) in [5.74, 6) is 0.251. The third-order valence-corrected chi connectivity index (χ3v) is 6.15. The highest BCUT2D eigenvalue weighted by Crippen LogP contribution is 2.24. The van der Waals surface area contributed by atoms with Crippen molar-refractivity contribution in [1.29, 1.82) is 5.26 Å². The number of hydrogen-bond acceptors (Lipinski definition) is 6. The van der Waals surface area contributed by atoms with Gasteiger partial charge in [-0.3, -0.25) is 4.79 Å². The highest BCUT2D eigenvalue weighted by atomic mass is 32.1. The molecule has 0 radical (unpaired) electrons. The van der Waals surface area contributed by atoms with Crippen LogP contribution in [0.5, 0.6) is 0 Å². The van der Waals surface area contributed by atoms with Crippen molar-refractivity contribution in [2.75, 3.05) is 12.3 Å². The second kappa shape index (κ2) is 10.1. The normalized spacial score (nSPS) is 10.7. The van der Waals surface area contributed by atoms with Gasteiger partial charge in [0.1, 0.15) is 22.5 Å². The Bertz CT molecular complexity index is 1280. The van der Waals surface area contributed by atoms with E-state index in [0.717, 1.165) is 22.0 Å². The van der Waals surface area contributed by atoms with Gasteiger partial charge in [-0.25, -0.2) is 9.67 Å². The first-order chi connectivity index (χ1) is 16.0. The van der Waals surface area contributed by atoms with E-state index >= 15 is 0 Å². The Hall–Kier alpha value is -3.96. The smallest absolute Gasteiger partial charge is 0.226 e. The van der Waals surface area contributed by atoms with Gasteiger partial charge in [0.05, 0.1) is 23.5 Å². The fourth-order valence-corrected chi connectivity index (χ4v) is 4.29. The van der Waals surface area contributed by atoms with Crippen molar-refractivity contribution >= 4 is 23.1 Å². The summed E-state index contributed by atoms with van der Waals surface area (Å²) in [5.41, 5.74) is 11.0. The second-order valence-corrected chi connectivity index (χ2v) is 8.56. The molecule has 0 aliphatic carbocycles. The van der Waals surface area contributed by atoms with Crippen LogP contribution < -0.4 is 11.1 Å². The number of nitrogens with one attached hydrogen (secondary N) is 1. The van der Waals surface area contributed by atoms with Gasteiger partial charge in [-0.1, -0.05) is 48.0 Å². The molecule has 4 aromatic rings. The number of anilines is 1. The number of nitrogen functional groups attached to an aromatic ring is 1. The van der Waals surface area contributed by atoms with E-state index in [2.05, 4.69) is 33.6 Å². The zero-order valence-corrected chi connectivity index (χ0v) is 19.1. The summed E-state index contributed by atoms with van der Waals surface area (Å²) < 4.78 is 1.58. The highest BCUT2D eigenvalue weighted by Gasteiger charge is 2.16. The lowest BCUT2D eigenvalue weighted by Gasteiger charge is -2.04. The number of nitriles is 1. The van der Waals surface area contributed by atoms with E-state index in [1.54, 1.807) is 4.68 Å². The van der Waals surface area contributed by atoms with Gasteiger partial charge in [-0.2, -0.15) is 10.4 Å². The Morgan fingerprint density at radius 2 is 1.94 bits per heavy atom. The lowest BCUT2D eigenvalue weighted by molar-refractivity contribution is -0.120. The van der Waals surface area contributed by atoms with Crippen molar-refractivity contribution in [2.24, 2.45) is 0 Å². The molecule has 0 bridgehead atoms. The van der Waals surface area contributed by atoms with Crippen molar-refractivity contribution in [3.8, 4) is 22.3 Å². The standard InChI is InChI=1S/C25H24N6OS/c1-17-9-11-18(12-10-17)25-29-19(16-33-25)14-23(32)28-13-5-8-22-21(15-26)24(27)31(30-22)20-6-3-2-4-7-20/h2-4,6-7,9-12,16H,5,8,13-14,27H2,1H3,(H,28,32). The van der Waals surface area contributed by atoms with Crippen LogP contribution in [0.15, 0.2) is 60.0 Å². The average Bonchev–Trinajstić information content (AvgIpc) is 3.41. The number of nitrogens with two attached hydrogens (primary N) is 1. The quantitative estimate of drug-likeness (QED) is 0.389. The van der Waals surface area contributed by atoms with E-state index in [9.17, 15) is 10.1 Å². The molecule has 8 heteroatoms. The van der Waals surface area contributed by atoms with Crippen LogP contribution in [0.1, 0.15) is 28.9 Å². The SMILES string of the molecule is Cc1ccc(-c2nc(CC(=O)NCCCc3nn(-c4ccccc4)c(N)c3C#N)cs2)cc1. The molecule has 2 aromatic heterocycles. The number of rotatable bonds is 8. The molecule has 0 aliphatic heterocycles. The predicted molar refractivity (Wildman–Crippen MR) is 130 cm³/mol. The molecule has 7 nitrogen and oxygen atoms in total. The summed E-state index contributed by atoms with van der Waals surface area (Å²) in [5, 5.41) is 19.8. The predicted octanol–water partition coefficient (Wildman–Crippen LogP) is 4.05. The van der Waals surface area contributed by atoms with E-state index < -0.39 is 0 Å². The lowest BCUT2D eigenvalue weighted by Crippen LogP contribution is -2.26. The van der Waals surface area contributed by atoms with Crippen LogP contribution in [0.4, 0.5) is 5.82 Å². The third-order valence-electron chi connectivity index (χ3n) is 5.21. The number of amides is 1. The number of hydrogen-bond donors (Lipinski definition) is 2. The van der Waals surface area contributed by atoms with Gasteiger partial charge in [-0.15, -0.1) is 11.3 Å². The molecule has 166 valence electrons. The Balaban J connectivity index is 1.29. The number of carbonyl (C=O) groups excluding carboxylic acids is 1. The van der Waals surface area contributed by atoms with Crippen molar-refractivity contribution in [2.45, 2.75) is 26.2 Å². The zero-order chi connectivity index (χ0) is 23.2. The molecule has 0 fully saturated rings. The summed E-state index contributed by atoms with van der Waals surface area (Å²) >= 11 is 1.54. The second-order valence-electron chi connectivity index (χ2n) is 7.71. The molecule has 0 atom stereocenters. The van der Waals surface area contributed by atoms with Gasteiger partial charge in [0, 0.05) is 17.5 Å². The maximum Gasteiger partial charge on any atom is 0.226 e. The summed E-state index contributed by atoms with van der Waals surface area (Å²) in [6, 6.07) is 19.8. The van der Waals surface area contributed by atoms with E-state index in [4.69, 9.17) is 5.73 Å². The summed E-state index contributed by atoms with van der Waals surface area (Å²) in [7, 11) is 0. The van der Waals surface area contributed by atoms with Crippen molar-refractivity contribution in [1.82, 2.24) is 20.1 Å². The first-order valence-electron chi connectivity index (χ1n) is 10.7. The van der Waals surface area contributed by atoms with Crippen LogP contribution in [0.2, 0.25) is 0 Å². The molecular formula is C25H24N6OS. The summed E-state index contributed by atoms with van der Waals surface area (Å²) in [4.78, 5) is 16.9. The van der Waals surface area contributed by atoms with Crippen molar-refractivity contribution in [3.63, 3.8) is 0 Å². The summed E-state index contributed by atoms with van der Waals surface area (Å²) in [6.07, 6.45) is 1.43. The fraction of sp³-hybridized carbons (Fsp3) is 0.200. The van der Waals surface area contributed by atoms with Gasteiger partial charge in [-0.05, 0) is 31.9 Å². The minimum Gasteiger partial charge on any atom is -0.382 e. The van der Waals surface area contributed by atoms with Crippen LogP contribution in [-0.4, -0.2) is 27.2 Å². The maximum absolute atomic E-state index is 12.3. The van der Waals surface area contributed by atoms with E-state index in [-0.39, 0.29) is 12.3 Å². The topological polar surface area (TPSA) is 110 Å². The van der Waals surface area contributed by atoms with Crippen molar-refractivity contribution < 1.29 is 4.79 Å². The van der Waals surface area contributed by atoms with E-state index in [1.807, 2.05) is 54.8 Å². The number of para-hydroxylation sites is 1. The molecule has 2 aromatic carbocycles.